The third kappa shape index (κ3) is 8.53. The Bertz CT molecular complexity index is 96.1. The summed E-state index contributed by atoms with van der Waals surface area (Å²) in [6.07, 6.45) is 7.99. The van der Waals surface area contributed by atoms with Gasteiger partial charge in [-0.2, -0.15) is 0 Å². The van der Waals surface area contributed by atoms with Crippen LogP contribution in [0.4, 0.5) is 0 Å². The van der Waals surface area contributed by atoms with Gasteiger partial charge in [-0.25, -0.2) is 0 Å². The van der Waals surface area contributed by atoms with Crippen LogP contribution >= 0.6 is 0 Å². The minimum absolute atomic E-state index is 0. The smallest absolute Gasteiger partial charge is 1.00 e. The minimum Gasteiger partial charge on any atom is -1.00 e. The summed E-state index contributed by atoms with van der Waals surface area (Å²) in [6.45, 7) is 4.42. The van der Waals surface area contributed by atoms with Gasteiger partial charge < -0.3 is 7.65 Å². The molecule has 12 heavy (non-hydrogen) atoms. The second-order valence-electron chi connectivity index (χ2n) is 3.19. The molecule has 0 aromatic heterocycles. The first-order chi connectivity index (χ1) is 5.35. The van der Waals surface area contributed by atoms with E-state index < -0.39 is 0 Å². The van der Waals surface area contributed by atoms with Crippen molar-refractivity contribution in [2.24, 2.45) is 5.92 Å². The Morgan fingerprint density at radius 3 is 2.00 bits per heavy atom. The molecule has 0 aliphatic carbocycles. The Morgan fingerprint density at radius 2 is 1.67 bits per heavy atom. The molecule has 0 unspecified atom stereocenters. The normalized spacial score (nSPS) is 9.58. The van der Waals surface area contributed by atoms with Crippen LogP contribution in [0.3, 0.4) is 0 Å². The van der Waals surface area contributed by atoms with Crippen molar-refractivity contribution in [2.45, 2.75) is 52.4 Å². The molecule has 0 fully saturated rings. The molecule has 0 aromatic rings. The molecular formula is C10H22MgO. The summed E-state index contributed by atoms with van der Waals surface area (Å²) in [5.74, 6) is 0.801. The van der Waals surface area contributed by atoms with Crippen molar-refractivity contribution in [3.05, 3.63) is 0 Å². The number of rotatable bonds is 7. The van der Waals surface area contributed by atoms with Gasteiger partial charge in [-0.05, 0) is 12.3 Å². The summed E-state index contributed by atoms with van der Waals surface area (Å²) in [5, 5.41) is 0. The Labute approximate surface area is 95.4 Å². The number of carbonyl (C=O) groups excluding carboxylic acids is 1. The van der Waals surface area contributed by atoms with E-state index in [1.165, 1.54) is 25.7 Å². The molecule has 0 aliphatic heterocycles. The predicted octanol–water partition coefficient (Wildman–Crippen LogP) is 3.03. The van der Waals surface area contributed by atoms with Gasteiger partial charge in [0.15, 0.2) is 0 Å². The Balaban J connectivity index is -0.000000167. The standard InChI is InChI=1S/C10H20O.Mg.2H/c1-3-6-10(7-4-2)8-5-9-11;;;/h9-10H,3-8H2,1-2H3;;;/q;+2;2*-1. The van der Waals surface area contributed by atoms with Gasteiger partial charge >= 0.3 is 23.1 Å². The molecule has 0 radical (unpaired) electrons. The number of carbonyl (C=O) groups is 1. The van der Waals surface area contributed by atoms with Gasteiger partial charge in [0.25, 0.3) is 0 Å². The SMILES string of the molecule is CCCC(CCC)CCC=O.[H-].[H-].[Mg+2]. The summed E-state index contributed by atoms with van der Waals surface area (Å²) in [5.41, 5.74) is 0. The van der Waals surface area contributed by atoms with Crippen molar-refractivity contribution in [3.63, 3.8) is 0 Å². The van der Waals surface area contributed by atoms with Crippen LogP contribution in [0, 0.1) is 5.92 Å². The molecule has 0 atom stereocenters. The Hall–Kier alpha value is 0.436. The largest absolute Gasteiger partial charge is 2.00 e. The van der Waals surface area contributed by atoms with E-state index in [4.69, 9.17) is 0 Å². The zero-order valence-corrected chi connectivity index (χ0v) is 9.93. The molecule has 1 nitrogen and oxygen atoms in total. The van der Waals surface area contributed by atoms with E-state index >= 15 is 0 Å². The van der Waals surface area contributed by atoms with Gasteiger partial charge in [0, 0.05) is 6.42 Å². The Kier molecular flexibility index (Phi) is 14.2. The molecule has 0 spiro atoms. The molecule has 0 aliphatic rings. The minimum atomic E-state index is 0. The average Bonchev–Trinajstić information content (AvgIpc) is 2.01. The van der Waals surface area contributed by atoms with Crippen LogP contribution in [0.5, 0.6) is 0 Å². The zero-order valence-electron chi connectivity index (χ0n) is 10.5. The molecule has 0 saturated heterocycles. The third-order valence-electron chi connectivity index (χ3n) is 2.09. The first kappa shape index (κ1) is 14.9. The van der Waals surface area contributed by atoms with E-state index in [0.717, 1.165) is 25.0 Å². The van der Waals surface area contributed by atoms with Gasteiger partial charge in [0.2, 0.25) is 0 Å². The maximum absolute atomic E-state index is 10.1. The van der Waals surface area contributed by atoms with Crippen LogP contribution in [0.1, 0.15) is 55.2 Å². The topological polar surface area (TPSA) is 17.1 Å². The fourth-order valence-corrected chi connectivity index (χ4v) is 1.55. The molecule has 70 valence electrons. The number of hydrogen-bond acceptors (Lipinski definition) is 1. The summed E-state index contributed by atoms with van der Waals surface area (Å²) in [7, 11) is 0. The quantitative estimate of drug-likeness (QED) is 0.437. The van der Waals surface area contributed by atoms with Crippen LogP contribution in [-0.4, -0.2) is 29.3 Å². The fraction of sp³-hybridized carbons (Fsp3) is 0.900. The molecule has 0 aromatic carbocycles. The molecule has 0 heterocycles. The molecule has 2 heteroatoms. The van der Waals surface area contributed by atoms with Crippen molar-refractivity contribution >= 4 is 29.3 Å². The molecule has 0 bridgehead atoms. The van der Waals surface area contributed by atoms with Crippen molar-refractivity contribution in [1.29, 1.82) is 0 Å². The summed E-state index contributed by atoms with van der Waals surface area (Å²) < 4.78 is 0. The van der Waals surface area contributed by atoms with Gasteiger partial charge in [-0.15, -0.1) is 0 Å². The molecule has 0 N–H and O–H groups in total. The van der Waals surface area contributed by atoms with Crippen molar-refractivity contribution in [3.8, 4) is 0 Å². The first-order valence-corrected chi connectivity index (χ1v) is 4.78. The summed E-state index contributed by atoms with van der Waals surface area (Å²) in [6, 6.07) is 0. The van der Waals surface area contributed by atoms with Crippen LogP contribution in [0.15, 0.2) is 0 Å². The van der Waals surface area contributed by atoms with Crippen LogP contribution in [0.25, 0.3) is 0 Å². The van der Waals surface area contributed by atoms with E-state index in [1.54, 1.807) is 0 Å². The van der Waals surface area contributed by atoms with Crippen molar-refractivity contribution in [1.82, 2.24) is 0 Å². The second-order valence-corrected chi connectivity index (χ2v) is 3.19. The zero-order chi connectivity index (χ0) is 8.53. The third-order valence-corrected chi connectivity index (χ3v) is 2.09. The van der Waals surface area contributed by atoms with Crippen LogP contribution in [0.2, 0.25) is 0 Å². The van der Waals surface area contributed by atoms with E-state index in [2.05, 4.69) is 13.8 Å². The monoisotopic (exact) mass is 182 g/mol. The van der Waals surface area contributed by atoms with Gasteiger partial charge in [-0.3, -0.25) is 0 Å². The summed E-state index contributed by atoms with van der Waals surface area (Å²) in [4.78, 5) is 10.1. The van der Waals surface area contributed by atoms with Gasteiger partial charge in [0.1, 0.15) is 6.29 Å². The first-order valence-electron chi connectivity index (χ1n) is 4.78. The molecule has 0 amide bonds. The predicted molar refractivity (Wildman–Crippen MR) is 56.6 cm³/mol. The summed E-state index contributed by atoms with van der Waals surface area (Å²) >= 11 is 0. The molecule has 0 saturated carbocycles. The number of hydrogen-bond donors (Lipinski definition) is 0. The van der Waals surface area contributed by atoms with E-state index in [9.17, 15) is 4.79 Å². The fourth-order valence-electron chi connectivity index (χ4n) is 1.55. The van der Waals surface area contributed by atoms with Crippen molar-refractivity contribution < 1.29 is 7.65 Å². The van der Waals surface area contributed by atoms with E-state index in [0.29, 0.717) is 0 Å². The second kappa shape index (κ2) is 11.4. The maximum Gasteiger partial charge on any atom is 2.00 e. The average molecular weight is 183 g/mol. The van der Waals surface area contributed by atoms with Crippen LogP contribution in [-0.2, 0) is 4.79 Å². The van der Waals surface area contributed by atoms with Gasteiger partial charge in [-0.1, -0.05) is 39.5 Å². The van der Waals surface area contributed by atoms with E-state index in [-0.39, 0.29) is 25.9 Å². The molecular weight excluding hydrogens is 160 g/mol. The van der Waals surface area contributed by atoms with Crippen molar-refractivity contribution in [2.75, 3.05) is 0 Å². The number of aldehydes is 1. The Morgan fingerprint density at radius 1 is 1.17 bits per heavy atom. The maximum atomic E-state index is 10.1. The van der Waals surface area contributed by atoms with Gasteiger partial charge in [0.05, 0.1) is 0 Å². The molecule has 0 rings (SSSR count). The van der Waals surface area contributed by atoms with E-state index in [1.807, 2.05) is 0 Å². The van der Waals surface area contributed by atoms with Crippen LogP contribution < -0.4 is 0 Å².